The van der Waals surface area contributed by atoms with Gasteiger partial charge in [0.15, 0.2) is 13.2 Å². The van der Waals surface area contributed by atoms with Crippen LogP contribution in [0.1, 0.15) is 25.0 Å². The Morgan fingerprint density at radius 1 is 1.04 bits per heavy atom. The number of benzene rings is 2. The van der Waals surface area contributed by atoms with Gasteiger partial charge in [-0.1, -0.05) is 31.2 Å². The summed E-state index contributed by atoms with van der Waals surface area (Å²) in [5.74, 6) is -0.407. The van der Waals surface area contributed by atoms with Gasteiger partial charge in [-0.25, -0.2) is 10.2 Å². The van der Waals surface area contributed by atoms with Gasteiger partial charge in [0.05, 0.1) is 5.71 Å². The molecule has 2 rings (SSSR count). The van der Waals surface area contributed by atoms with E-state index in [1.165, 1.54) is 5.56 Å². The average Bonchev–Trinajstić information content (AvgIpc) is 2.69. The van der Waals surface area contributed by atoms with Gasteiger partial charge in [0, 0.05) is 5.56 Å². The fourth-order valence-electron chi connectivity index (χ4n) is 2.17. The van der Waals surface area contributed by atoms with Crippen molar-refractivity contribution in [3.8, 4) is 11.5 Å². The molecule has 0 saturated heterocycles. The van der Waals surface area contributed by atoms with Crippen LogP contribution in [0.15, 0.2) is 53.6 Å². The minimum Gasteiger partial charge on any atom is -0.484 e. The molecule has 7 heteroatoms. The topological polar surface area (TPSA) is 97.2 Å². The molecular weight excluding hydrogens is 348 g/mol. The third-order valence-corrected chi connectivity index (χ3v) is 3.66. The van der Waals surface area contributed by atoms with Crippen LogP contribution < -0.4 is 14.9 Å². The SMILES string of the molecule is CCc1ccc(OCC(=O)N/N=C(/C)c2cccc(OCC(=O)O)c2)cc1. The zero-order chi connectivity index (χ0) is 19.6. The number of aryl methyl sites for hydroxylation is 1. The average molecular weight is 370 g/mol. The predicted molar refractivity (Wildman–Crippen MR) is 101 cm³/mol. The van der Waals surface area contributed by atoms with E-state index in [0.29, 0.717) is 22.8 Å². The Labute approximate surface area is 157 Å². The number of aliphatic carboxylic acids is 1. The molecule has 2 aromatic carbocycles. The summed E-state index contributed by atoms with van der Waals surface area (Å²) >= 11 is 0. The third-order valence-electron chi connectivity index (χ3n) is 3.66. The van der Waals surface area contributed by atoms with Crippen molar-refractivity contribution < 1.29 is 24.2 Å². The minimum atomic E-state index is -1.05. The molecule has 0 saturated carbocycles. The van der Waals surface area contributed by atoms with E-state index in [1.54, 1.807) is 31.2 Å². The number of nitrogens with zero attached hydrogens (tertiary/aromatic N) is 1. The molecule has 27 heavy (non-hydrogen) atoms. The summed E-state index contributed by atoms with van der Waals surface area (Å²) < 4.78 is 10.5. The van der Waals surface area contributed by atoms with Crippen LogP contribution in [0.4, 0.5) is 0 Å². The molecule has 0 radical (unpaired) electrons. The van der Waals surface area contributed by atoms with E-state index in [4.69, 9.17) is 14.6 Å². The molecular formula is C20H22N2O5. The predicted octanol–water partition coefficient (Wildman–Crippen LogP) is 2.63. The van der Waals surface area contributed by atoms with Crippen molar-refractivity contribution in [3.05, 3.63) is 59.7 Å². The Balaban J connectivity index is 1.87. The van der Waals surface area contributed by atoms with E-state index >= 15 is 0 Å². The Hall–Kier alpha value is -3.35. The van der Waals surface area contributed by atoms with Crippen molar-refractivity contribution in [2.45, 2.75) is 20.3 Å². The first-order valence-corrected chi connectivity index (χ1v) is 8.48. The van der Waals surface area contributed by atoms with Crippen LogP contribution in [0.25, 0.3) is 0 Å². The summed E-state index contributed by atoms with van der Waals surface area (Å²) in [7, 11) is 0. The lowest BCUT2D eigenvalue weighted by molar-refractivity contribution is -0.139. The highest BCUT2D eigenvalue weighted by molar-refractivity contribution is 5.99. The number of hydrazone groups is 1. The Bertz CT molecular complexity index is 815. The molecule has 0 atom stereocenters. The summed E-state index contributed by atoms with van der Waals surface area (Å²) in [6.07, 6.45) is 0.942. The molecule has 0 aromatic heterocycles. The van der Waals surface area contributed by atoms with Gasteiger partial charge in [-0.3, -0.25) is 4.79 Å². The summed E-state index contributed by atoms with van der Waals surface area (Å²) in [4.78, 5) is 22.4. The van der Waals surface area contributed by atoms with Gasteiger partial charge < -0.3 is 14.6 Å². The third kappa shape index (κ3) is 6.81. The van der Waals surface area contributed by atoms with Crippen molar-refractivity contribution in [3.63, 3.8) is 0 Å². The molecule has 2 aromatic rings. The van der Waals surface area contributed by atoms with Crippen LogP contribution in [0.5, 0.6) is 11.5 Å². The minimum absolute atomic E-state index is 0.149. The maximum absolute atomic E-state index is 11.9. The molecule has 0 aliphatic carbocycles. The maximum Gasteiger partial charge on any atom is 0.341 e. The summed E-state index contributed by atoms with van der Waals surface area (Å²) in [6, 6.07) is 14.4. The van der Waals surface area contributed by atoms with E-state index in [2.05, 4.69) is 17.5 Å². The van der Waals surface area contributed by atoms with E-state index in [-0.39, 0.29) is 12.5 Å². The van der Waals surface area contributed by atoms with Crippen LogP contribution in [0.3, 0.4) is 0 Å². The summed E-state index contributed by atoms with van der Waals surface area (Å²) in [5.41, 5.74) is 4.88. The fourth-order valence-corrected chi connectivity index (χ4v) is 2.17. The van der Waals surface area contributed by atoms with Crippen molar-refractivity contribution in [2.24, 2.45) is 5.10 Å². The number of carboxylic acid groups (broad SMARTS) is 1. The van der Waals surface area contributed by atoms with Crippen LogP contribution in [-0.2, 0) is 16.0 Å². The van der Waals surface area contributed by atoms with Gasteiger partial charge in [-0.05, 0) is 43.2 Å². The van der Waals surface area contributed by atoms with Crippen LogP contribution in [0.2, 0.25) is 0 Å². The van der Waals surface area contributed by atoms with Crippen LogP contribution >= 0.6 is 0 Å². The highest BCUT2D eigenvalue weighted by atomic mass is 16.5. The smallest absolute Gasteiger partial charge is 0.341 e. The van der Waals surface area contributed by atoms with Gasteiger partial charge in [-0.2, -0.15) is 5.10 Å². The van der Waals surface area contributed by atoms with Crippen molar-refractivity contribution >= 4 is 17.6 Å². The maximum atomic E-state index is 11.9. The largest absolute Gasteiger partial charge is 0.484 e. The molecule has 142 valence electrons. The van der Waals surface area contributed by atoms with Crippen molar-refractivity contribution in [1.29, 1.82) is 0 Å². The highest BCUT2D eigenvalue weighted by Crippen LogP contribution is 2.14. The van der Waals surface area contributed by atoms with Crippen molar-refractivity contribution in [2.75, 3.05) is 13.2 Å². The molecule has 0 fully saturated rings. The Kier molecular flexibility index (Phi) is 7.37. The molecule has 7 nitrogen and oxygen atoms in total. The quantitative estimate of drug-likeness (QED) is 0.522. The van der Waals surface area contributed by atoms with Gasteiger partial charge in [0.1, 0.15) is 11.5 Å². The zero-order valence-corrected chi connectivity index (χ0v) is 15.3. The summed E-state index contributed by atoms with van der Waals surface area (Å²) in [6.45, 7) is 3.22. The first kappa shape index (κ1) is 20.0. The van der Waals surface area contributed by atoms with Gasteiger partial charge in [0.25, 0.3) is 5.91 Å². The molecule has 2 N–H and O–H groups in total. The van der Waals surface area contributed by atoms with Crippen LogP contribution in [0, 0.1) is 0 Å². The number of carbonyl (C=O) groups excluding carboxylic acids is 1. The van der Waals surface area contributed by atoms with E-state index in [0.717, 1.165) is 6.42 Å². The second-order valence-corrected chi connectivity index (χ2v) is 5.73. The zero-order valence-electron chi connectivity index (χ0n) is 15.3. The lowest BCUT2D eigenvalue weighted by Crippen LogP contribution is -2.25. The number of amides is 1. The lowest BCUT2D eigenvalue weighted by atomic mass is 10.1. The summed E-state index contributed by atoms with van der Waals surface area (Å²) in [5, 5.41) is 12.7. The molecule has 0 unspecified atom stereocenters. The lowest BCUT2D eigenvalue weighted by Gasteiger charge is -2.08. The fraction of sp³-hybridized carbons (Fsp3) is 0.250. The molecule has 0 bridgehead atoms. The number of rotatable bonds is 9. The number of carbonyl (C=O) groups is 2. The molecule has 0 aliphatic heterocycles. The van der Waals surface area contributed by atoms with Gasteiger partial charge >= 0.3 is 5.97 Å². The Morgan fingerprint density at radius 3 is 2.41 bits per heavy atom. The number of nitrogens with one attached hydrogen (secondary N) is 1. The first-order valence-electron chi connectivity index (χ1n) is 8.48. The Morgan fingerprint density at radius 2 is 1.74 bits per heavy atom. The van der Waals surface area contributed by atoms with Gasteiger partial charge in [-0.15, -0.1) is 0 Å². The normalized spacial score (nSPS) is 11.0. The monoisotopic (exact) mass is 370 g/mol. The number of ether oxygens (including phenoxy) is 2. The van der Waals surface area contributed by atoms with E-state index in [9.17, 15) is 9.59 Å². The molecule has 1 amide bonds. The van der Waals surface area contributed by atoms with Gasteiger partial charge in [0.2, 0.25) is 0 Å². The molecule has 0 heterocycles. The molecule has 0 spiro atoms. The second-order valence-electron chi connectivity index (χ2n) is 5.73. The number of carboxylic acids is 1. The van der Waals surface area contributed by atoms with E-state index in [1.807, 2.05) is 24.3 Å². The standard InChI is InChI=1S/C20H22N2O5/c1-3-15-7-9-17(10-8-15)26-12-19(23)22-21-14(2)16-5-4-6-18(11-16)27-13-20(24)25/h4-11H,3,12-13H2,1-2H3,(H,22,23)(H,24,25)/b21-14-. The highest BCUT2D eigenvalue weighted by Gasteiger charge is 2.05. The second kappa shape index (κ2) is 9.96. The first-order chi connectivity index (χ1) is 13.0. The van der Waals surface area contributed by atoms with Crippen molar-refractivity contribution in [1.82, 2.24) is 5.43 Å². The number of hydrogen-bond acceptors (Lipinski definition) is 5. The van der Waals surface area contributed by atoms with E-state index < -0.39 is 12.6 Å². The molecule has 0 aliphatic rings. The number of hydrogen-bond donors (Lipinski definition) is 2. The van der Waals surface area contributed by atoms with Crippen LogP contribution in [-0.4, -0.2) is 35.9 Å².